The van der Waals surface area contributed by atoms with E-state index in [1.54, 1.807) is 22.7 Å². The van der Waals surface area contributed by atoms with Crippen LogP contribution in [0.25, 0.3) is 26.2 Å². The Morgan fingerprint density at radius 3 is 2.76 bits per heavy atom. The van der Waals surface area contributed by atoms with E-state index in [2.05, 4.69) is 64.7 Å². The third-order valence-corrected chi connectivity index (χ3v) is 7.22. The van der Waals surface area contributed by atoms with Gasteiger partial charge in [0.1, 0.15) is 10.7 Å². The molecule has 0 fully saturated rings. The first kappa shape index (κ1) is 18.5. The van der Waals surface area contributed by atoms with Crippen molar-refractivity contribution in [2.45, 2.75) is 19.9 Å². The first-order valence-corrected chi connectivity index (χ1v) is 11.4. The van der Waals surface area contributed by atoms with Gasteiger partial charge in [0.15, 0.2) is 0 Å². The van der Waals surface area contributed by atoms with Gasteiger partial charge in [0, 0.05) is 33.8 Å². The maximum atomic E-state index is 12.8. The van der Waals surface area contributed by atoms with Gasteiger partial charge in [-0.1, -0.05) is 36.4 Å². The molecule has 6 heteroatoms. The minimum Gasteiger partial charge on any atom is -0.309 e. The summed E-state index contributed by atoms with van der Waals surface area (Å²) in [4.78, 5) is 26.1. The minimum atomic E-state index is -0.0372. The van der Waals surface area contributed by atoms with Gasteiger partial charge in [-0.3, -0.25) is 9.69 Å². The van der Waals surface area contributed by atoms with Crippen LogP contribution in [0.1, 0.15) is 22.7 Å². The predicted octanol–water partition coefficient (Wildman–Crippen LogP) is 5.31. The fourth-order valence-electron chi connectivity index (χ4n) is 3.81. The van der Waals surface area contributed by atoms with Crippen molar-refractivity contribution in [1.82, 2.24) is 14.9 Å². The Bertz CT molecular complexity index is 1250. The van der Waals surface area contributed by atoms with E-state index in [-0.39, 0.29) is 5.56 Å². The van der Waals surface area contributed by atoms with E-state index < -0.39 is 0 Å². The van der Waals surface area contributed by atoms with Crippen molar-refractivity contribution in [2.24, 2.45) is 0 Å². The minimum absolute atomic E-state index is 0.0372. The van der Waals surface area contributed by atoms with Crippen molar-refractivity contribution >= 4 is 38.5 Å². The molecular weight excluding hydrogens is 398 g/mol. The zero-order valence-corrected chi connectivity index (χ0v) is 17.8. The average molecular weight is 420 g/mol. The second-order valence-electron chi connectivity index (χ2n) is 7.33. The average Bonchev–Trinajstić information content (AvgIpc) is 3.35. The van der Waals surface area contributed by atoms with Crippen molar-refractivity contribution in [1.29, 1.82) is 0 Å². The highest BCUT2D eigenvalue weighted by Gasteiger charge is 2.17. The molecular formula is C23H21N3OS2. The zero-order valence-electron chi connectivity index (χ0n) is 16.1. The van der Waals surface area contributed by atoms with Crippen LogP contribution in [0.3, 0.4) is 0 Å². The number of thiophene rings is 2. The molecule has 1 aliphatic heterocycles. The molecule has 0 bridgehead atoms. The van der Waals surface area contributed by atoms with E-state index in [0.717, 1.165) is 40.6 Å². The number of aromatic amines is 1. The second kappa shape index (κ2) is 7.71. The van der Waals surface area contributed by atoms with Crippen LogP contribution in [-0.2, 0) is 6.54 Å². The summed E-state index contributed by atoms with van der Waals surface area (Å²) in [5.74, 6) is 0.745. The van der Waals surface area contributed by atoms with Gasteiger partial charge in [-0.05, 0) is 36.6 Å². The summed E-state index contributed by atoms with van der Waals surface area (Å²) in [7, 11) is 0. The molecule has 4 heterocycles. The van der Waals surface area contributed by atoms with E-state index in [0.29, 0.717) is 11.9 Å². The molecule has 0 radical (unpaired) electrons. The number of aryl methyl sites for hydroxylation is 1. The summed E-state index contributed by atoms with van der Waals surface area (Å²) in [6, 6.07) is 14.7. The van der Waals surface area contributed by atoms with Crippen LogP contribution in [0, 0.1) is 6.92 Å². The maximum Gasteiger partial charge on any atom is 0.260 e. The molecule has 3 aromatic heterocycles. The third-order valence-electron chi connectivity index (χ3n) is 5.31. The van der Waals surface area contributed by atoms with Crippen molar-refractivity contribution in [3.8, 4) is 10.4 Å². The van der Waals surface area contributed by atoms with Crippen molar-refractivity contribution < 1.29 is 0 Å². The lowest BCUT2D eigenvalue weighted by Gasteiger charge is -2.25. The molecule has 4 nitrogen and oxygen atoms in total. The third kappa shape index (κ3) is 3.71. The van der Waals surface area contributed by atoms with Crippen LogP contribution < -0.4 is 5.56 Å². The second-order valence-corrected chi connectivity index (χ2v) is 9.48. The highest BCUT2D eigenvalue weighted by atomic mass is 32.1. The Balaban J connectivity index is 1.37. The topological polar surface area (TPSA) is 49.0 Å². The molecule has 0 amide bonds. The van der Waals surface area contributed by atoms with Gasteiger partial charge in [0.05, 0.1) is 11.9 Å². The zero-order chi connectivity index (χ0) is 19.8. The van der Waals surface area contributed by atoms with Crippen LogP contribution in [0.4, 0.5) is 0 Å². The number of hydrogen-bond donors (Lipinski definition) is 1. The predicted molar refractivity (Wildman–Crippen MR) is 123 cm³/mol. The van der Waals surface area contributed by atoms with Crippen molar-refractivity contribution in [3.05, 3.63) is 80.5 Å². The molecule has 29 heavy (non-hydrogen) atoms. The monoisotopic (exact) mass is 419 g/mol. The van der Waals surface area contributed by atoms with Gasteiger partial charge in [0.2, 0.25) is 0 Å². The molecule has 146 valence electrons. The molecule has 0 aliphatic carbocycles. The Morgan fingerprint density at radius 2 is 2.03 bits per heavy atom. The van der Waals surface area contributed by atoms with Crippen molar-refractivity contribution in [3.63, 3.8) is 0 Å². The number of nitrogens with one attached hydrogen (secondary N) is 1. The fraction of sp³-hybridized carbons (Fsp3) is 0.217. The smallest absolute Gasteiger partial charge is 0.260 e. The molecule has 1 N–H and O–H groups in total. The number of nitrogens with zero attached hydrogens (tertiary/aromatic N) is 2. The van der Waals surface area contributed by atoms with Gasteiger partial charge in [-0.2, -0.15) is 0 Å². The number of aromatic nitrogens is 2. The lowest BCUT2D eigenvalue weighted by molar-refractivity contribution is 0.286. The van der Waals surface area contributed by atoms with Crippen LogP contribution in [0.15, 0.2) is 58.7 Å². The Labute approximate surface area is 177 Å². The summed E-state index contributed by atoms with van der Waals surface area (Å²) in [5, 5.41) is 2.77. The standard InChI is InChI=1S/C23H21N3OS2/c1-15-7-8-19(29-15)18-14-28-23-21(18)22(27)24-20(25-23)13-26-11-9-17(10-12-26)16-5-3-2-4-6-16/h2-9,14H,10-13H2,1H3,(H,24,25,27). The number of fused-ring (bicyclic) bond motifs is 1. The molecule has 4 aromatic rings. The van der Waals surface area contributed by atoms with Gasteiger partial charge < -0.3 is 4.98 Å². The highest BCUT2D eigenvalue weighted by molar-refractivity contribution is 7.19. The highest BCUT2D eigenvalue weighted by Crippen LogP contribution is 2.35. The Hall–Kier alpha value is -2.54. The SMILES string of the molecule is Cc1ccc(-c2csc3nc(CN4CC=C(c5ccccc5)CC4)[nH]c(=O)c23)s1. The van der Waals surface area contributed by atoms with Gasteiger partial charge in [-0.25, -0.2) is 4.98 Å². The first-order valence-electron chi connectivity index (χ1n) is 9.71. The number of hydrogen-bond acceptors (Lipinski definition) is 5. The molecule has 0 spiro atoms. The van der Waals surface area contributed by atoms with Crippen LogP contribution >= 0.6 is 22.7 Å². The van der Waals surface area contributed by atoms with E-state index in [4.69, 9.17) is 4.98 Å². The molecule has 0 saturated carbocycles. The fourth-order valence-corrected chi connectivity index (χ4v) is 5.73. The summed E-state index contributed by atoms with van der Waals surface area (Å²) < 4.78 is 0. The maximum absolute atomic E-state index is 12.8. The van der Waals surface area contributed by atoms with Crippen LogP contribution in [0.2, 0.25) is 0 Å². The largest absolute Gasteiger partial charge is 0.309 e. The van der Waals surface area contributed by atoms with Gasteiger partial charge in [0.25, 0.3) is 5.56 Å². The van der Waals surface area contributed by atoms with Gasteiger partial charge in [-0.15, -0.1) is 22.7 Å². The number of rotatable bonds is 4. The van der Waals surface area contributed by atoms with E-state index in [9.17, 15) is 4.79 Å². The molecule has 0 atom stereocenters. The summed E-state index contributed by atoms with van der Waals surface area (Å²) in [6.07, 6.45) is 3.30. The number of H-pyrrole nitrogens is 1. The summed E-state index contributed by atoms with van der Waals surface area (Å²) in [6.45, 7) is 4.58. The van der Waals surface area contributed by atoms with Crippen LogP contribution in [-0.4, -0.2) is 28.0 Å². The Morgan fingerprint density at radius 1 is 1.17 bits per heavy atom. The van der Waals surface area contributed by atoms with Gasteiger partial charge >= 0.3 is 0 Å². The number of benzene rings is 1. The lowest BCUT2D eigenvalue weighted by Crippen LogP contribution is -2.29. The summed E-state index contributed by atoms with van der Waals surface area (Å²) >= 11 is 3.26. The normalized spacial score (nSPS) is 15.0. The van der Waals surface area contributed by atoms with E-state index in [1.807, 2.05) is 6.07 Å². The quantitative estimate of drug-likeness (QED) is 0.488. The van der Waals surface area contributed by atoms with E-state index in [1.165, 1.54) is 16.0 Å². The summed E-state index contributed by atoms with van der Waals surface area (Å²) in [5.41, 5.74) is 3.66. The molecule has 5 rings (SSSR count). The van der Waals surface area contributed by atoms with Crippen molar-refractivity contribution in [2.75, 3.05) is 13.1 Å². The van der Waals surface area contributed by atoms with Crippen LogP contribution in [0.5, 0.6) is 0 Å². The lowest BCUT2D eigenvalue weighted by atomic mass is 10.00. The molecule has 0 unspecified atom stereocenters. The molecule has 1 aliphatic rings. The van der Waals surface area contributed by atoms with E-state index >= 15 is 0 Å². The molecule has 1 aromatic carbocycles. The first-order chi connectivity index (χ1) is 14.2. The molecule has 0 saturated heterocycles. The Kier molecular flexibility index (Phi) is 4.91.